The van der Waals surface area contributed by atoms with Gasteiger partial charge >= 0.3 is 0 Å². The Balaban J connectivity index is 0.000000637. The third-order valence-corrected chi connectivity index (χ3v) is 2.87. The van der Waals surface area contributed by atoms with Gasteiger partial charge in [-0.3, -0.25) is 0 Å². The number of benzene rings is 1. The van der Waals surface area contributed by atoms with Crippen molar-refractivity contribution in [3.05, 3.63) is 54.1 Å². The number of hydrogen-bond acceptors (Lipinski definition) is 3. The van der Waals surface area contributed by atoms with Crippen molar-refractivity contribution in [1.29, 1.82) is 0 Å². The van der Waals surface area contributed by atoms with E-state index in [0.29, 0.717) is 0 Å². The summed E-state index contributed by atoms with van der Waals surface area (Å²) in [4.78, 5) is 9.17. The molecule has 19 heavy (non-hydrogen) atoms. The number of rotatable bonds is 1. The average Bonchev–Trinajstić information content (AvgIpc) is 2.50. The maximum Gasteiger partial charge on any atom is 0.159 e. The number of fused-ring (bicyclic) bond motifs is 1. The fraction of sp³-hybridized carbons (Fsp3) is 0.250. The van der Waals surface area contributed by atoms with E-state index in [9.17, 15) is 0 Å². The first-order valence-electron chi connectivity index (χ1n) is 6.68. The first kappa shape index (κ1) is 13.3. The highest BCUT2D eigenvalue weighted by Gasteiger charge is 2.07. The quantitative estimate of drug-likeness (QED) is 0.845. The number of dihydropyridines is 1. The lowest BCUT2D eigenvalue weighted by Gasteiger charge is -2.09. The first-order valence-corrected chi connectivity index (χ1v) is 6.68. The number of allylic oxidation sites excluding steroid dienone is 2. The smallest absolute Gasteiger partial charge is 0.159 e. The SMILES string of the molecule is CC.Cc1nc(C2=CCNC=C2)nc2ccccc12. The molecule has 0 spiro atoms. The van der Waals surface area contributed by atoms with E-state index >= 15 is 0 Å². The van der Waals surface area contributed by atoms with Crippen molar-refractivity contribution in [2.75, 3.05) is 6.54 Å². The molecule has 3 nitrogen and oxygen atoms in total. The number of hydrogen-bond donors (Lipinski definition) is 1. The summed E-state index contributed by atoms with van der Waals surface area (Å²) >= 11 is 0. The summed E-state index contributed by atoms with van der Waals surface area (Å²) in [6.07, 6.45) is 6.04. The fourth-order valence-corrected chi connectivity index (χ4v) is 1.98. The molecule has 2 heterocycles. The third-order valence-electron chi connectivity index (χ3n) is 2.87. The minimum absolute atomic E-state index is 0.805. The van der Waals surface area contributed by atoms with Crippen LogP contribution in [0.25, 0.3) is 16.5 Å². The minimum atomic E-state index is 0.805. The number of para-hydroxylation sites is 1. The molecule has 1 aromatic heterocycles. The predicted molar refractivity (Wildman–Crippen MR) is 80.7 cm³/mol. The molecule has 98 valence electrons. The molecule has 1 aliphatic rings. The van der Waals surface area contributed by atoms with Crippen LogP contribution in [-0.4, -0.2) is 16.5 Å². The van der Waals surface area contributed by atoms with E-state index in [4.69, 9.17) is 0 Å². The highest BCUT2D eigenvalue weighted by atomic mass is 14.9. The zero-order chi connectivity index (χ0) is 13.7. The van der Waals surface area contributed by atoms with Crippen LogP contribution in [0.15, 0.2) is 42.6 Å². The molecule has 0 atom stereocenters. The average molecular weight is 253 g/mol. The molecule has 0 bridgehead atoms. The molecule has 3 heteroatoms. The van der Waals surface area contributed by atoms with Gasteiger partial charge in [-0.15, -0.1) is 0 Å². The van der Waals surface area contributed by atoms with Crippen molar-refractivity contribution >= 4 is 16.5 Å². The van der Waals surface area contributed by atoms with Gasteiger partial charge < -0.3 is 5.32 Å². The molecule has 0 aliphatic carbocycles. The topological polar surface area (TPSA) is 37.8 Å². The Bertz CT molecular complexity index is 627. The zero-order valence-electron chi connectivity index (χ0n) is 11.6. The van der Waals surface area contributed by atoms with Gasteiger partial charge in [0.15, 0.2) is 5.82 Å². The standard InChI is InChI=1S/C14H13N3.C2H6/c1-10-12-4-2-3-5-13(12)17-14(16-10)11-6-8-15-9-7-11;1-2/h2-8,15H,9H2,1H3;1-2H3. The predicted octanol–water partition coefficient (Wildman–Crippen LogP) is 3.46. The summed E-state index contributed by atoms with van der Waals surface area (Å²) in [6.45, 7) is 6.86. The molecular formula is C16H19N3. The summed E-state index contributed by atoms with van der Waals surface area (Å²) in [5, 5.41) is 4.24. The monoisotopic (exact) mass is 253 g/mol. The Hall–Kier alpha value is -2.16. The first-order chi connectivity index (χ1) is 9.34. The maximum absolute atomic E-state index is 4.60. The molecule has 3 rings (SSSR count). The van der Waals surface area contributed by atoms with Gasteiger partial charge in [-0.25, -0.2) is 9.97 Å². The van der Waals surface area contributed by atoms with Gasteiger partial charge in [-0.05, 0) is 25.3 Å². The molecule has 1 N–H and O–H groups in total. The Labute approximate surface area is 114 Å². The highest BCUT2D eigenvalue weighted by Crippen LogP contribution is 2.19. The van der Waals surface area contributed by atoms with Crippen molar-refractivity contribution in [1.82, 2.24) is 15.3 Å². The molecule has 0 saturated carbocycles. The molecule has 0 radical (unpaired) electrons. The van der Waals surface area contributed by atoms with Crippen LogP contribution in [0.1, 0.15) is 25.4 Å². The van der Waals surface area contributed by atoms with E-state index in [2.05, 4.69) is 27.4 Å². The second kappa shape index (κ2) is 6.14. The van der Waals surface area contributed by atoms with E-state index in [1.165, 1.54) is 0 Å². The molecular weight excluding hydrogens is 234 g/mol. The zero-order valence-corrected chi connectivity index (χ0v) is 11.6. The lowest BCUT2D eigenvalue weighted by atomic mass is 10.1. The molecule has 0 amide bonds. The number of nitrogens with one attached hydrogen (secondary N) is 1. The molecule has 1 aliphatic heterocycles. The van der Waals surface area contributed by atoms with E-state index in [0.717, 1.165) is 34.5 Å². The number of aromatic nitrogens is 2. The van der Waals surface area contributed by atoms with E-state index in [1.54, 1.807) is 0 Å². The maximum atomic E-state index is 4.60. The van der Waals surface area contributed by atoms with E-state index in [-0.39, 0.29) is 0 Å². The van der Waals surface area contributed by atoms with Gasteiger partial charge in [0.2, 0.25) is 0 Å². The molecule has 0 unspecified atom stereocenters. The van der Waals surface area contributed by atoms with Crippen LogP contribution in [0.2, 0.25) is 0 Å². The molecule has 2 aromatic rings. The Morgan fingerprint density at radius 3 is 2.63 bits per heavy atom. The summed E-state index contributed by atoms with van der Waals surface area (Å²) in [5.74, 6) is 0.805. The minimum Gasteiger partial charge on any atom is -0.387 e. The Kier molecular flexibility index (Phi) is 4.29. The van der Waals surface area contributed by atoms with Crippen LogP contribution in [0.3, 0.4) is 0 Å². The summed E-state index contributed by atoms with van der Waals surface area (Å²) in [6, 6.07) is 8.10. The second-order valence-electron chi connectivity index (χ2n) is 4.05. The van der Waals surface area contributed by atoms with E-state index in [1.807, 2.05) is 51.2 Å². The van der Waals surface area contributed by atoms with Crippen LogP contribution < -0.4 is 5.32 Å². The van der Waals surface area contributed by atoms with Gasteiger partial charge in [0, 0.05) is 23.2 Å². The number of nitrogens with zero attached hydrogens (tertiary/aromatic N) is 2. The lowest BCUT2D eigenvalue weighted by molar-refractivity contribution is 0.969. The largest absolute Gasteiger partial charge is 0.387 e. The Morgan fingerprint density at radius 2 is 1.89 bits per heavy atom. The van der Waals surface area contributed by atoms with Crippen molar-refractivity contribution in [2.24, 2.45) is 0 Å². The van der Waals surface area contributed by atoms with Crippen molar-refractivity contribution < 1.29 is 0 Å². The van der Waals surface area contributed by atoms with Crippen molar-refractivity contribution in [3.63, 3.8) is 0 Å². The molecule has 0 saturated heterocycles. The molecule has 1 aromatic carbocycles. The summed E-state index contributed by atoms with van der Waals surface area (Å²) < 4.78 is 0. The lowest BCUT2D eigenvalue weighted by Crippen LogP contribution is -2.09. The van der Waals surface area contributed by atoms with E-state index < -0.39 is 0 Å². The highest BCUT2D eigenvalue weighted by molar-refractivity contribution is 5.83. The van der Waals surface area contributed by atoms with Gasteiger partial charge in [0.25, 0.3) is 0 Å². The summed E-state index contributed by atoms with van der Waals surface area (Å²) in [5.41, 5.74) is 3.11. The van der Waals surface area contributed by atoms with Crippen LogP contribution in [0.5, 0.6) is 0 Å². The van der Waals surface area contributed by atoms with Crippen LogP contribution >= 0.6 is 0 Å². The Morgan fingerprint density at radius 1 is 1.11 bits per heavy atom. The van der Waals surface area contributed by atoms with Crippen molar-refractivity contribution in [2.45, 2.75) is 20.8 Å². The molecule has 0 fully saturated rings. The van der Waals surface area contributed by atoms with Gasteiger partial charge in [-0.1, -0.05) is 38.1 Å². The second-order valence-corrected chi connectivity index (χ2v) is 4.05. The third kappa shape index (κ3) is 2.81. The summed E-state index contributed by atoms with van der Waals surface area (Å²) in [7, 11) is 0. The number of aryl methyl sites for hydroxylation is 1. The van der Waals surface area contributed by atoms with Crippen molar-refractivity contribution in [3.8, 4) is 0 Å². The van der Waals surface area contributed by atoms with Gasteiger partial charge in [0.1, 0.15) is 0 Å². The normalized spacial score (nSPS) is 13.3. The van der Waals surface area contributed by atoms with Crippen LogP contribution in [-0.2, 0) is 0 Å². The fourth-order valence-electron chi connectivity index (χ4n) is 1.98. The van der Waals surface area contributed by atoms with Crippen LogP contribution in [0, 0.1) is 6.92 Å². The van der Waals surface area contributed by atoms with Gasteiger partial charge in [-0.2, -0.15) is 0 Å². The van der Waals surface area contributed by atoms with Crippen LogP contribution in [0.4, 0.5) is 0 Å². The van der Waals surface area contributed by atoms with Gasteiger partial charge in [0.05, 0.1) is 5.52 Å².